The highest BCUT2D eigenvalue weighted by Crippen LogP contribution is 2.26. The minimum atomic E-state index is -0.386. The molecular weight excluding hydrogens is 272 g/mol. The molecule has 1 N–H and O–H groups in total. The first-order valence-electron chi connectivity index (χ1n) is 6.82. The quantitative estimate of drug-likeness (QED) is 0.648. The van der Waals surface area contributed by atoms with E-state index in [4.69, 9.17) is 4.52 Å². The van der Waals surface area contributed by atoms with Crippen molar-refractivity contribution in [3.63, 3.8) is 0 Å². The van der Waals surface area contributed by atoms with E-state index < -0.39 is 0 Å². The molecule has 0 saturated heterocycles. The van der Waals surface area contributed by atoms with Gasteiger partial charge in [0.15, 0.2) is 5.82 Å². The van der Waals surface area contributed by atoms with Crippen LogP contribution in [0.25, 0.3) is 11.5 Å². The van der Waals surface area contributed by atoms with Crippen molar-refractivity contribution in [2.45, 2.75) is 32.7 Å². The van der Waals surface area contributed by atoms with Crippen molar-refractivity contribution in [1.82, 2.24) is 15.5 Å². The Hall–Kier alpha value is -2.28. The van der Waals surface area contributed by atoms with Crippen molar-refractivity contribution in [2.24, 2.45) is 0 Å². The van der Waals surface area contributed by atoms with Crippen molar-refractivity contribution in [3.8, 4) is 11.5 Å². The number of nitro benzene ring substituents is 1. The largest absolute Gasteiger partial charge is 0.334 e. The summed E-state index contributed by atoms with van der Waals surface area (Å²) in [6.45, 7) is 3.89. The van der Waals surface area contributed by atoms with Crippen molar-refractivity contribution in [3.05, 3.63) is 39.7 Å². The molecule has 0 aliphatic rings. The van der Waals surface area contributed by atoms with E-state index >= 15 is 0 Å². The van der Waals surface area contributed by atoms with Crippen molar-refractivity contribution in [1.29, 1.82) is 0 Å². The summed E-state index contributed by atoms with van der Waals surface area (Å²) in [7, 11) is 1.86. The maximum Gasteiger partial charge on any atom is 0.273 e. The highest BCUT2D eigenvalue weighted by molar-refractivity contribution is 5.60. The van der Waals surface area contributed by atoms with Crippen LogP contribution in [0.2, 0.25) is 0 Å². The zero-order chi connectivity index (χ0) is 15.4. The Morgan fingerprint density at radius 2 is 2.24 bits per heavy atom. The first-order valence-corrected chi connectivity index (χ1v) is 6.82. The van der Waals surface area contributed by atoms with E-state index in [1.807, 2.05) is 20.9 Å². The summed E-state index contributed by atoms with van der Waals surface area (Å²) in [6.07, 6.45) is 1.24. The molecule has 112 valence electrons. The molecule has 7 nitrogen and oxygen atoms in total. The summed E-state index contributed by atoms with van der Waals surface area (Å²) >= 11 is 0. The third-order valence-electron chi connectivity index (χ3n) is 3.36. The fourth-order valence-corrected chi connectivity index (χ4v) is 2.00. The molecule has 0 spiro atoms. The lowest BCUT2D eigenvalue weighted by atomic mass is 10.1. The van der Waals surface area contributed by atoms with E-state index in [0.717, 1.165) is 0 Å². The summed E-state index contributed by atoms with van der Waals surface area (Å²) in [4.78, 5) is 15.0. The molecule has 1 unspecified atom stereocenters. The number of nitro groups is 1. The Balaban J connectivity index is 2.30. The number of aryl methyl sites for hydroxylation is 1. The molecule has 1 heterocycles. The van der Waals surface area contributed by atoms with Crippen LogP contribution in [0.5, 0.6) is 0 Å². The van der Waals surface area contributed by atoms with Gasteiger partial charge in [0.25, 0.3) is 11.6 Å². The number of hydrogen-bond donors (Lipinski definition) is 1. The van der Waals surface area contributed by atoms with E-state index in [2.05, 4.69) is 15.5 Å². The van der Waals surface area contributed by atoms with Gasteiger partial charge < -0.3 is 9.84 Å². The standard InChI is InChI=1S/C14H18N4O3/c1-4-10-5-6-11(8-12(10)18(19)20)14-16-13(17-21-14)7-9(2)15-3/h5-6,8-9,15H,4,7H2,1-3H3. The van der Waals surface area contributed by atoms with Crippen LogP contribution < -0.4 is 5.32 Å². The Morgan fingerprint density at radius 3 is 2.86 bits per heavy atom. The van der Waals surface area contributed by atoms with Crippen LogP contribution in [-0.4, -0.2) is 28.2 Å². The van der Waals surface area contributed by atoms with Gasteiger partial charge in [-0.3, -0.25) is 10.1 Å². The number of rotatable bonds is 6. The molecule has 0 aliphatic carbocycles. The molecule has 0 radical (unpaired) electrons. The molecule has 0 bridgehead atoms. The van der Waals surface area contributed by atoms with Crippen LogP contribution in [0, 0.1) is 10.1 Å². The van der Waals surface area contributed by atoms with E-state index in [9.17, 15) is 10.1 Å². The third kappa shape index (κ3) is 3.43. The number of hydrogen-bond acceptors (Lipinski definition) is 6. The van der Waals surface area contributed by atoms with Crippen molar-refractivity contribution >= 4 is 5.69 Å². The van der Waals surface area contributed by atoms with Crippen LogP contribution in [0.3, 0.4) is 0 Å². The van der Waals surface area contributed by atoms with Gasteiger partial charge in [0.05, 0.1) is 4.92 Å². The lowest BCUT2D eigenvalue weighted by Crippen LogP contribution is -2.24. The predicted molar refractivity (Wildman–Crippen MR) is 78.0 cm³/mol. The Labute approximate surface area is 122 Å². The average Bonchev–Trinajstić information content (AvgIpc) is 2.94. The van der Waals surface area contributed by atoms with E-state index in [0.29, 0.717) is 35.7 Å². The van der Waals surface area contributed by atoms with Crippen LogP contribution in [0.4, 0.5) is 5.69 Å². The van der Waals surface area contributed by atoms with Gasteiger partial charge in [-0.25, -0.2) is 0 Å². The summed E-state index contributed by atoms with van der Waals surface area (Å²) in [6, 6.07) is 5.21. The fourth-order valence-electron chi connectivity index (χ4n) is 2.00. The Kier molecular flexibility index (Phi) is 4.64. The van der Waals surface area contributed by atoms with E-state index in [1.54, 1.807) is 12.1 Å². The predicted octanol–water partition coefficient (Wildman–Crippen LogP) is 2.36. The van der Waals surface area contributed by atoms with Gasteiger partial charge in [0, 0.05) is 29.7 Å². The molecular formula is C14H18N4O3. The van der Waals surface area contributed by atoms with Gasteiger partial charge in [0.1, 0.15) is 0 Å². The Morgan fingerprint density at radius 1 is 1.48 bits per heavy atom. The number of nitrogens with zero attached hydrogens (tertiary/aromatic N) is 3. The van der Waals surface area contributed by atoms with Gasteiger partial charge in [-0.15, -0.1) is 0 Å². The molecule has 2 aromatic rings. The highest BCUT2D eigenvalue weighted by Gasteiger charge is 2.17. The topological polar surface area (TPSA) is 94.1 Å². The van der Waals surface area contributed by atoms with Gasteiger partial charge in [0.2, 0.25) is 0 Å². The van der Waals surface area contributed by atoms with Gasteiger partial charge >= 0.3 is 0 Å². The molecule has 0 fully saturated rings. The average molecular weight is 290 g/mol. The van der Waals surface area contributed by atoms with Crippen molar-refractivity contribution < 1.29 is 9.45 Å². The minimum absolute atomic E-state index is 0.0818. The maximum absolute atomic E-state index is 11.1. The summed E-state index contributed by atoms with van der Waals surface area (Å²) in [5.74, 6) is 0.883. The van der Waals surface area contributed by atoms with E-state index in [1.165, 1.54) is 6.07 Å². The smallest absolute Gasteiger partial charge is 0.273 e. The molecule has 0 amide bonds. The molecule has 1 aromatic carbocycles. The Bertz CT molecular complexity index is 639. The zero-order valence-corrected chi connectivity index (χ0v) is 12.3. The summed E-state index contributed by atoms with van der Waals surface area (Å²) in [5.41, 5.74) is 1.33. The minimum Gasteiger partial charge on any atom is -0.334 e. The number of benzene rings is 1. The summed E-state index contributed by atoms with van der Waals surface area (Å²) < 4.78 is 5.19. The van der Waals surface area contributed by atoms with Crippen LogP contribution in [0.15, 0.2) is 22.7 Å². The molecule has 0 aliphatic heterocycles. The second-order valence-corrected chi connectivity index (χ2v) is 4.86. The van der Waals surface area contributed by atoms with Crippen molar-refractivity contribution in [2.75, 3.05) is 7.05 Å². The monoisotopic (exact) mass is 290 g/mol. The molecule has 2 rings (SSSR count). The number of likely N-dealkylation sites (N-methyl/N-ethyl adjacent to an activating group) is 1. The molecule has 1 aromatic heterocycles. The molecule has 0 saturated carbocycles. The van der Waals surface area contributed by atoms with Gasteiger partial charge in [-0.05, 0) is 26.5 Å². The van der Waals surface area contributed by atoms with Crippen LogP contribution >= 0.6 is 0 Å². The summed E-state index contributed by atoms with van der Waals surface area (Å²) in [5, 5.41) is 18.1. The fraction of sp³-hybridized carbons (Fsp3) is 0.429. The SMILES string of the molecule is CCc1ccc(-c2nc(CC(C)NC)no2)cc1[N+](=O)[O-]. The normalized spacial score (nSPS) is 12.3. The third-order valence-corrected chi connectivity index (χ3v) is 3.36. The lowest BCUT2D eigenvalue weighted by molar-refractivity contribution is -0.385. The first-order chi connectivity index (χ1) is 10.0. The molecule has 21 heavy (non-hydrogen) atoms. The molecule has 7 heteroatoms. The second kappa shape index (κ2) is 6.45. The van der Waals surface area contributed by atoms with Crippen LogP contribution in [0.1, 0.15) is 25.2 Å². The zero-order valence-electron chi connectivity index (χ0n) is 12.3. The number of aromatic nitrogens is 2. The maximum atomic E-state index is 11.1. The lowest BCUT2D eigenvalue weighted by Gasteiger charge is -2.04. The van der Waals surface area contributed by atoms with Gasteiger partial charge in [-0.2, -0.15) is 4.98 Å². The highest BCUT2D eigenvalue weighted by atomic mass is 16.6. The van der Waals surface area contributed by atoms with E-state index in [-0.39, 0.29) is 16.7 Å². The van der Waals surface area contributed by atoms with Gasteiger partial charge in [-0.1, -0.05) is 18.1 Å². The molecule has 1 atom stereocenters. The second-order valence-electron chi connectivity index (χ2n) is 4.86. The first kappa shape index (κ1) is 15.1. The van der Waals surface area contributed by atoms with Crippen LogP contribution in [-0.2, 0) is 12.8 Å². The number of nitrogens with one attached hydrogen (secondary N) is 1.